The first kappa shape index (κ1) is 13.3. The van der Waals surface area contributed by atoms with E-state index in [1.54, 1.807) is 11.3 Å². The van der Waals surface area contributed by atoms with Crippen molar-refractivity contribution in [1.82, 2.24) is 0 Å². The predicted molar refractivity (Wildman–Crippen MR) is 83.2 cm³/mol. The first-order valence-corrected chi connectivity index (χ1v) is 8.93. The summed E-state index contributed by atoms with van der Waals surface area (Å²) in [5, 5.41) is 13.4. The summed E-state index contributed by atoms with van der Waals surface area (Å²) in [6, 6.07) is 2.33. The van der Waals surface area contributed by atoms with Gasteiger partial charge in [-0.15, -0.1) is 11.3 Å². The molecule has 110 valence electrons. The van der Waals surface area contributed by atoms with Gasteiger partial charge in [-0.1, -0.05) is 6.42 Å². The highest BCUT2D eigenvalue weighted by atomic mass is 32.1. The quantitative estimate of drug-likeness (QED) is 0.901. The van der Waals surface area contributed by atoms with Gasteiger partial charge in [-0.2, -0.15) is 5.26 Å². The van der Waals surface area contributed by atoms with Crippen LogP contribution in [0.5, 0.6) is 0 Å². The minimum absolute atomic E-state index is 0.164. The number of aryl methyl sites for hydroxylation is 1. The molecule has 0 aliphatic heterocycles. The molecule has 1 amide bonds. The molecule has 0 radical (unpaired) electrons. The van der Waals surface area contributed by atoms with Gasteiger partial charge in [-0.05, 0) is 62.3 Å². The van der Waals surface area contributed by atoms with E-state index in [1.165, 1.54) is 36.1 Å². The van der Waals surface area contributed by atoms with E-state index in [0.29, 0.717) is 5.92 Å². The molecule has 2 saturated carbocycles. The number of carbonyl (C=O) groups excluding carboxylic acids is 1. The average molecular weight is 300 g/mol. The van der Waals surface area contributed by atoms with Crippen molar-refractivity contribution in [1.29, 1.82) is 5.26 Å². The fourth-order valence-corrected chi connectivity index (χ4v) is 5.79. The zero-order valence-corrected chi connectivity index (χ0v) is 13.0. The predicted octanol–water partition coefficient (Wildman–Crippen LogP) is 3.87. The Bertz CT molecular complexity index is 627. The summed E-state index contributed by atoms with van der Waals surface area (Å²) in [4.78, 5) is 13.9. The van der Waals surface area contributed by atoms with Gasteiger partial charge >= 0.3 is 0 Å². The highest BCUT2D eigenvalue weighted by Gasteiger charge is 2.43. The molecule has 3 aliphatic rings. The van der Waals surface area contributed by atoms with Crippen molar-refractivity contribution in [2.45, 2.75) is 51.4 Å². The minimum atomic E-state index is 0.164. The summed E-state index contributed by atoms with van der Waals surface area (Å²) in [6.07, 6.45) is 9.27. The molecule has 4 heteroatoms. The lowest BCUT2D eigenvalue weighted by molar-refractivity contribution is -0.121. The Hall–Kier alpha value is -1.34. The van der Waals surface area contributed by atoms with Gasteiger partial charge in [0.05, 0.1) is 5.56 Å². The highest BCUT2D eigenvalue weighted by Crippen LogP contribution is 2.49. The van der Waals surface area contributed by atoms with E-state index < -0.39 is 0 Å². The number of nitriles is 1. The number of anilines is 1. The summed E-state index contributed by atoms with van der Waals surface area (Å²) in [5.74, 6) is 1.72. The van der Waals surface area contributed by atoms with E-state index in [9.17, 15) is 10.1 Å². The minimum Gasteiger partial charge on any atom is -0.316 e. The summed E-state index contributed by atoms with van der Waals surface area (Å²) in [7, 11) is 0. The fraction of sp³-hybridized carbons (Fsp3) is 0.647. The number of fused-ring (bicyclic) bond motifs is 3. The Labute approximate surface area is 129 Å². The number of hydrogen-bond acceptors (Lipinski definition) is 3. The van der Waals surface area contributed by atoms with Gasteiger partial charge in [-0.3, -0.25) is 4.79 Å². The molecule has 1 aromatic heterocycles. The Morgan fingerprint density at radius 2 is 2.10 bits per heavy atom. The topological polar surface area (TPSA) is 52.9 Å². The Morgan fingerprint density at radius 3 is 2.81 bits per heavy atom. The van der Waals surface area contributed by atoms with Gasteiger partial charge < -0.3 is 5.32 Å². The summed E-state index contributed by atoms with van der Waals surface area (Å²) in [5.41, 5.74) is 1.95. The first-order valence-electron chi connectivity index (χ1n) is 8.11. The molecular formula is C17H20N2OS. The number of nitrogens with one attached hydrogen (secondary N) is 1. The second kappa shape index (κ2) is 5.14. The summed E-state index contributed by atoms with van der Waals surface area (Å²) in [6.45, 7) is 0. The van der Waals surface area contributed by atoms with Crippen LogP contribution in [0.3, 0.4) is 0 Å². The van der Waals surface area contributed by atoms with E-state index in [-0.39, 0.29) is 11.8 Å². The van der Waals surface area contributed by atoms with E-state index >= 15 is 0 Å². The van der Waals surface area contributed by atoms with Crippen LogP contribution in [-0.4, -0.2) is 5.91 Å². The molecule has 1 aromatic rings. The standard InChI is InChI=1S/C17H20N2OS/c18-9-14-12-3-1-2-4-15(12)21-17(14)19-16(20)13-8-10-5-6-11(13)7-10/h10-11,13H,1-8H2,(H,19,20)/t10-,11+,13+/m0/s1. The van der Waals surface area contributed by atoms with E-state index in [4.69, 9.17) is 0 Å². The molecule has 2 fully saturated rings. The normalized spacial score (nSPS) is 30.0. The maximum absolute atomic E-state index is 12.6. The number of hydrogen-bond donors (Lipinski definition) is 1. The molecule has 3 nitrogen and oxygen atoms in total. The van der Waals surface area contributed by atoms with Gasteiger partial charge in [0.25, 0.3) is 0 Å². The zero-order chi connectivity index (χ0) is 14.4. The second-order valence-corrected chi connectivity index (χ2v) is 7.90. The molecule has 3 atom stereocenters. The maximum Gasteiger partial charge on any atom is 0.228 e. The Balaban J connectivity index is 1.56. The number of amides is 1. The number of thiophene rings is 1. The van der Waals surface area contributed by atoms with Crippen LogP contribution in [0, 0.1) is 29.1 Å². The van der Waals surface area contributed by atoms with Gasteiger partial charge in [0.2, 0.25) is 5.91 Å². The lowest BCUT2D eigenvalue weighted by atomic mass is 9.88. The number of carbonyl (C=O) groups is 1. The number of nitrogens with zero attached hydrogens (tertiary/aromatic N) is 1. The van der Waals surface area contributed by atoms with Crippen molar-refractivity contribution in [3.8, 4) is 6.07 Å². The van der Waals surface area contributed by atoms with Crippen LogP contribution >= 0.6 is 11.3 Å². The van der Waals surface area contributed by atoms with Gasteiger partial charge in [0, 0.05) is 10.8 Å². The molecule has 0 unspecified atom stereocenters. The molecule has 1 heterocycles. The van der Waals surface area contributed by atoms with E-state index in [2.05, 4.69) is 11.4 Å². The van der Waals surface area contributed by atoms with Crippen molar-refractivity contribution in [3.63, 3.8) is 0 Å². The Morgan fingerprint density at radius 1 is 1.24 bits per heavy atom. The summed E-state index contributed by atoms with van der Waals surface area (Å²) < 4.78 is 0. The molecule has 2 bridgehead atoms. The smallest absolute Gasteiger partial charge is 0.228 e. The van der Waals surface area contributed by atoms with Crippen LogP contribution in [0.1, 0.15) is 54.5 Å². The molecule has 0 saturated heterocycles. The molecule has 0 spiro atoms. The van der Waals surface area contributed by atoms with Crippen LogP contribution in [0.4, 0.5) is 5.00 Å². The molecular weight excluding hydrogens is 280 g/mol. The van der Waals surface area contributed by atoms with Crippen molar-refractivity contribution in [2.75, 3.05) is 5.32 Å². The molecule has 21 heavy (non-hydrogen) atoms. The number of rotatable bonds is 2. The van der Waals surface area contributed by atoms with Crippen molar-refractivity contribution in [2.24, 2.45) is 17.8 Å². The second-order valence-electron chi connectivity index (χ2n) is 6.80. The van der Waals surface area contributed by atoms with Gasteiger partial charge in [-0.25, -0.2) is 0 Å². The third-order valence-electron chi connectivity index (χ3n) is 5.59. The maximum atomic E-state index is 12.6. The largest absolute Gasteiger partial charge is 0.316 e. The lowest BCUT2D eigenvalue weighted by Gasteiger charge is -2.20. The van der Waals surface area contributed by atoms with E-state index in [1.807, 2.05) is 0 Å². The van der Waals surface area contributed by atoms with Crippen LogP contribution in [0.2, 0.25) is 0 Å². The van der Waals surface area contributed by atoms with Crippen molar-refractivity contribution < 1.29 is 4.79 Å². The van der Waals surface area contributed by atoms with Crippen LogP contribution < -0.4 is 5.32 Å². The Kier molecular flexibility index (Phi) is 3.26. The SMILES string of the molecule is N#Cc1c(NC(=O)[C@@H]2C[C@H]3CC[C@@H]2C3)sc2c1CCCC2. The fourth-order valence-electron chi connectivity index (χ4n) is 4.54. The zero-order valence-electron chi connectivity index (χ0n) is 12.2. The van der Waals surface area contributed by atoms with Crippen molar-refractivity contribution in [3.05, 3.63) is 16.0 Å². The van der Waals surface area contributed by atoms with Crippen molar-refractivity contribution >= 4 is 22.2 Å². The first-order chi connectivity index (χ1) is 10.3. The highest BCUT2D eigenvalue weighted by molar-refractivity contribution is 7.16. The van der Waals surface area contributed by atoms with E-state index in [0.717, 1.165) is 42.2 Å². The molecule has 1 N–H and O–H groups in total. The lowest BCUT2D eigenvalue weighted by Crippen LogP contribution is -2.27. The van der Waals surface area contributed by atoms with Gasteiger partial charge in [0.15, 0.2) is 0 Å². The van der Waals surface area contributed by atoms with Crippen LogP contribution in [0.15, 0.2) is 0 Å². The molecule has 3 aliphatic carbocycles. The molecule has 4 rings (SSSR count). The van der Waals surface area contributed by atoms with Crippen LogP contribution in [-0.2, 0) is 17.6 Å². The van der Waals surface area contributed by atoms with Gasteiger partial charge in [0.1, 0.15) is 11.1 Å². The summed E-state index contributed by atoms with van der Waals surface area (Å²) >= 11 is 1.64. The average Bonchev–Trinajstić information content (AvgIpc) is 3.20. The monoisotopic (exact) mass is 300 g/mol. The third-order valence-corrected chi connectivity index (χ3v) is 6.80. The third kappa shape index (κ3) is 2.19. The molecule has 0 aromatic carbocycles. The van der Waals surface area contributed by atoms with Crippen LogP contribution in [0.25, 0.3) is 0 Å².